The largest absolute Gasteiger partial charge is 0.494 e. The zero-order valence-electron chi connectivity index (χ0n) is 8.70. The lowest BCUT2D eigenvalue weighted by Gasteiger charge is -2.14. The first kappa shape index (κ1) is 12.8. The van der Waals surface area contributed by atoms with Crippen LogP contribution in [0.2, 0.25) is 0 Å². The molecule has 1 aromatic carbocycles. The summed E-state index contributed by atoms with van der Waals surface area (Å²) in [6.07, 6.45) is -4.98. The third-order valence-corrected chi connectivity index (χ3v) is 1.99. The summed E-state index contributed by atoms with van der Waals surface area (Å²) in [5.74, 6) is 0.640. The highest BCUT2D eigenvalue weighted by Gasteiger charge is 2.29. The van der Waals surface area contributed by atoms with E-state index in [1.165, 1.54) is 0 Å². The smallest absolute Gasteiger partial charge is 0.390 e. The van der Waals surface area contributed by atoms with Gasteiger partial charge in [0, 0.05) is 6.04 Å². The van der Waals surface area contributed by atoms with Crippen molar-refractivity contribution in [2.24, 2.45) is 5.73 Å². The predicted octanol–water partition coefficient (Wildman–Crippen LogP) is 2.74. The molecule has 1 atom stereocenters. The topological polar surface area (TPSA) is 35.2 Å². The average molecular weight is 233 g/mol. The van der Waals surface area contributed by atoms with Gasteiger partial charge in [0.25, 0.3) is 0 Å². The van der Waals surface area contributed by atoms with Crippen LogP contribution in [0.15, 0.2) is 30.3 Å². The molecule has 0 aromatic heterocycles. The van der Waals surface area contributed by atoms with Crippen molar-refractivity contribution < 1.29 is 17.9 Å². The molecule has 0 aliphatic heterocycles. The molecule has 0 saturated carbocycles. The molecule has 2 nitrogen and oxygen atoms in total. The maximum atomic E-state index is 11.9. The zero-order valence-corrected chi connectivity index (χ0v) is 8.70. The normalized spacial score (nSPS) is 13.5. The van der Waals surface area contributed by atoms with E-state index in [0.29, 0.717) is 5.75 Å². The van der Waals surface area contributed by atoms with E-state index in [1.807, 2.05) is 6.07 Å². The zero-order chi connectivity index (χ0) is 12.0. The number of hydrogen-bond acceptors (Lipinski definition) is 2. The molecule has 1 unspecified atom stereocenters. The van der Waals surface area contributed by atoms with Crippen molar-refractivity contribution in [3.8, 4) is 5.75 Å². The lowest BCUT2D eigenvalue weighted by Crippen LogP contribution is -2.29. The van der Waals surface area contributed by atoms with Gasteiger partial charge in [-0.15, -0.1) is 0 Å². The highest BCUT2D eigenvalue weighted by atomic mass is 19.4. The predicted molar refractivity (Wildman–Crippen MR) is 55.2 cm³/mol. The number of rotatable bonds is 5. The molecule has 0 amide bonds. The quantitative estimate of drug-likeness (QED) is 0.848. The summed E-state index contributed by atoms with van der Waals surface area (Å²) in [6, 6.07) is 8.02. The van der Waals surface area contributed by atoms with E-state index in [4.69, 9.17) is 10.5 Å². The maximum Gasteiger partial charge on any atom is 0.390 e. The molecule has 0 spiro atoms. The molecular formula is C11H14F3NO. The Morgan fingerprint density at radius 2 is 1.81 bits per heavy atom. The van der Waals surface area contributed by atoms with Gasteiger partial charge >= 0.3 is 6.18 Å². The summed E-state index contributed by atoms with van der Waals surface area (Å²) in [6.45, 7) is 0.196. The molecule has 0 saturated heterocycles. The van der Waals surface area contributed by atoms with Gasteiger partial charge in [-0.3, -0.25) is 0 Å². The SMILES string of the molecule is NC(CCOc1ccccc1)CC(F)(F)F. The lowest BCUT2D eigenvalue weighted by molar-refractivity contribution is -0.138. The Morgan fingerprint density at radius 3 is 2.38 bits per heavy atom. The second-order valence-electron chi connectivity index (χ2n) is 3.53. The van der Waals surface area contributed by atoms with Crippen LogP contribution in [-0.2, 0) is 0 Å². The second kappa shape index (κ2) is 5.75. The van der Waals surface area contributed by atoms with E-state index in [-0.39, 0.29) is 13.0 Å². The first-order valence-electron chi connectivity index (χ1n) is 4.97. The van der Waals surface area contributed by atoms with E-state index in [0.717, 1.165) is 0 Å². The maximum absolute atomic E-state index is 11.9. The van der Waals surface area contributed by atoms with Crippen LogP contribution in [0.25, 0.3) is 0 Å². The Morgan fingerprint density at radius 1 is 1.19 bits per heavy atom. The van der Waals surface area contributed by atoms with Crippen LogP contribution in [0.1, 0.15) is 12.8 Å². The standard InChI is InChI=1S/C11H14F3NO/c12-11(13,14)8-9(15)6-7-16-10-4-2-1-3-5-10/h1-5,9H,6-8,15H2. The van der Waals surface area contributed by atoms with Crippen LogP contribution in [0, 0.1) is 0 Å². The van der Waals surface area contributed by atoms with Gasteiger partial charge in [-0.2, -0.15) is 13.2 Å². The fraction of sp³-hybridized carbons (Fsp3) is 0.455. The van der Waals surface area contributed by atoms with Crippen LogP contribution in [-0.4, -0.2) is 18.8 Å². The first-order valence-corrected chi connectivity index (χ1v) is 4.97. The van der Waals surface area contributed by atoms with E-state index in [2.05, 4.69) is 0 Å². The van der Waals surface area contributed by atoms with Crippen molar-refractivity contribution in [3.63, 3.8) is 0 Å². The fourth-order valence-corrected chi connectivity index (χ4v) is 1.24. The van der Waals surface area contributed by atoms with E-state index in [9.17, 15) is 13.2 Å². The average Bonchev–Trinajstić information content (AvgIpc) is 2.16. The van der Waals surface area contributed by atoms with E-state index in [1.54, 1.807) is 24.3 Å². The van der Waals surface area contributed by atoms with Crippen LogP contribution >= 0.6 is 0 Å². The molecule has 1 rings (SSSR count). The van der Waals surface area contributed by atoms with Gasteiger partial charge in [0.1, 0.15) is 5.75 Å². The van der Waals surface area contributed by atoms with Crippen molar-refractivity contribution in [3.05, 3.63) is 30.3 Å². The Labute approximate surface area is 92.2 Å². The van der Waals surface area contributed by atoms with Crippen LogP contribution in [0.3, 0.4) is 0 Å². The van der Waals surface area contributed by atoms with Gasteiger partial charge < -0.3 is 10.5 Å². The molecule has 0 bridgehead atoms. The minimum absolute atomic E-state index is 0.189. The van der Waals surface area contributed by atoms with E-state index >= 15 is 0 Å². The number of para-hydroxylation sites is 1. The summed E-state index contributed by atoms with van der Waals surface area (Å²) in [7, 11) is 0. The van der Waals surface area contributed by atoms with Gasteiger partial charge in [-0.1, -0.05) is 18.2 Å². The number of halogens is 3. The molecule has 2 N–H and O–H groups in total. The summed E-state index contributed by atoms with van der Waals surface area (Å²) >= 11 is 0. The highest BCUT2D eigenvalue weighted by molar-refractivity contribution is 5.20. The summed E-state index contributed by atoms with van der Waals surface area (Å²) in [5, 5.41) is 0. The highest BCUT2D eigenvalue weighted by Crippen LogP contribution is 2.21. The van der Waals surface area contributed by atoms with Crippen LogP contribution in [0.4, 0.5) is 13.2 Å². The van der Waals surface area contributed by atoms with Crippen molar-refractivity contribution in [2.45, 2.75) is 25.1 Å². The van der Waals surface area contributed by atoms with Crippen LogP contribution in [0.5, 0.6) is 5.75 Å². The number of ether oxygens (including phenoxy) is 1. The number of hydrogen-bond donors (Lipinski definition) is 1. The fourth-order valence-electron chi connectivity index (χ4n) is 1.24. The number of benzene rings is 1. The lowest BCUT2D eigenvalue weighted by atomic mass is 10.1. The molecule has 0 heterocycles. The van der Waals surface area contributed by atoms with Gasteiger partial charge in [0.05, 0.1) is 13.0 Å². The molecule has 16 heavy (non-hydrogen) atoms. The summed E-state index contributed by atoms with van der Waals surface area (Å²) < 4.78 is 41.1. The third kappa shape index (κ3) is 5.60. The van der Waals surface area contributed by atoms with Crippen LogP contribution < -0.4 is 10.5 Å². The van der Waals surface area contributed by atoms with Crippen molar-refractivity contribution in [2.75, 3.05) is 6.61 Å². The molecule has 90 valence electrons. The Balaban J connectivity index is 2.21. The number of nitrogens with two attached hydrogens (primary N) is 1. The molecule has 5 heteroatoms. The molecule has 0 radical (unpaired) electrons. The monoisotopic (exact) mass is 233 g/mol. The van der Waals surface area contributed by atoms with Gasteiger partial charge in [-0.05, 0) is 18.6 Å². The van der Waals surface area contributed by atoms with Crippen molar-refractivity contribution >= 4 is 0 Å². The molecule has 0 aliphatic rings. The molecule has 1 aromatic rings. The third-order valence-electron chi connectivity index (χ3n) is 1.99. The minimum atomic E-state index is -4.20. The van der Waals surface area contributed by atoms with Crippen molar-refractivity contribution in [1.29, 1.82) is 0 Å². The second-order valence-corrected chi connectivity index (χ2v) is 3.53. The Hall–Kier alpha value is -1.23. The van der Waals surface area contributed by atoms with Gasteiger partial charge in [0.2, 0.25) is 0 Å². The van der Waals surface area contributed by atoms with Gasteiger partial charge in [-0.25, -0.2) is 0 Å². The summed E-state index contributed by atoms with van der Waals surface area (Å²) in [4.78, 5) is 0. The molecule has 0 fully saturated rings. The van der Waals surface area contributed by atoms with Gasteiger partial charge in [0.15, 0.2) is 0 Å². The Bertz CT molecular complexity index is 300. The number of alkyl halides is 3. The van der Waals surface area contributed by atoms with E-state index < -0.39 is 18.6 Å². The summed E-state index contributed by atoms with van der Waals surface area (Å²) in [5.41, 5.74) is 5.32. The molecule has 0 aliphatic carbocycles. The Kier molecular flexibility index (Phi) is 4.61. The first-order chi connectivity index (χ1) is 7.47. The van der Waals surface area contributed by atoms with Crippen molar-refractivity contribution in [1.82, 2.24) is 0 Å². The molecular weight excluding hydrogens is 219 g/mol. The minimum Gasteiger partial charge on any atom is -0.494 e.